The first-order valence-corrected chi connectivity index (χ1v) is 9.01. The summed E-state index contributed by atoms with van der Waals surface area (Å²) in [6, 6.07) is 1.04. The van der Waals surface area contributed by atoms with Crippen molar-refractivity contribution in [1.29, 1.82) is 0 Å². The van der Waals surface area contributed by atoms with Gasteiger partial charge < -0.3 is 10.2 Å². The third-order valence-corrected chi connectivity index (χ3v) is 6.08. The van der Waals surface area contributed by atoms with Crippen molar-refractivity contribution in [2.24, 2.45) is 0 Å². The maximum Gasteiger partial charge on any atom is 0.214 e. The van der Waals surface area contributed by atoms with Gasteiger partial charge in [-0.25, -0.2) is 8.42 Å². The summed E-state index contributed by atoms with van der Waals surface area (Å²) in [5.74, 6) is 0.301. The number of nitrogens with zero attached hydrogens (tertiary/aromatic N) is 2. The minimum atomic E-state index is -3.05. The molecule has 0 bridgehead atoms. The third-order valence-electron chi connectivity index (χ3n) is 4.16. The highest BCUT2D eigenvalue weighted by molar-refractivity contribution is 7.89. The van der Waals surface area contributed by atoms with Crippen LogP contribution >= 0.6 is 0 Å². The van der Waals surface area contributed by atoms with Crippen LogP contribution in [0.4, 0.5) is 0 Å². The Balaban J connectivity index is 1.68. The van der Waals surface area contributed by atoms with Gasteiger partial charge in [0.05, 0.1) is 5.75 Å². The molecular weight excluding hydrogens is 262 g/mol. The van der Waals surface area contributed by atoms with Gasteiger partial charge in [-0.05, 0) is 46.2 Å². The second-order valence-corrected chi connectivity index (χ2v) is 8.03. The molecule has 1 saturated heterocycles. The average molecular weight is 289 g/mol. The second-order valence-electron chi connectivity index (χ2n) is 5.94. The van der Waals surface area contributed by atoms with E-state index in [4.69, 9.17) is 0 Å². The van der Waals surface area contributed by atoms with Crippen LogP contribution in [0.15, 0.2) is 0 Å². The lowest BCUT2D eigenvalue weighted by atomic mass is 10.2. The molecule has 0 aromatic heterocycles. The van der Waals surface area contributed by atoms with Crippen molar-refractivity contribution in [3.05, 3.63) is 0 Å². The summed E-state index contributed by atoms with van der Waals surface area (Å²) < 4.78 is 26.1. The van der Waals surface area contributed by atoms with Crippen LogP contribution in [-0.2, 0) is 10.0 Å². The lowest BCUT2D eigenvalue weighted by molar-refractivity contribution is 0.159. The molecular formula is C13H27N3O2S. The van der Waals surface area contributed by atoms with Gasteiger partial charge >= 0.3 is 0 Å². The normalized spacial score (nSPS) is 26.7. The largest absolute Gasteiger partial charge is 0.314 e. The van der Waals surface area contributed by atoms with E-state index in [1.165, 1.54) is 12.8 Å². The van der Waals surface area contributed by atoms with Gasteiger partial charge in [0.15, 0.2) is 0 Å². The summed E-state index contributed by atoms with van der Waals surface area (Å²) in [5.41, 5.74) is 0. The predicted octanol–water partition coefficient (Wildman–Crippen LogP) is 0.484. The van der Waals surface area contributed by atoms with Crippen LogP contribution in [0.1, 0.15) is 32.6 Å². The van der Waals surface area contributed by atoms with Crippen LogP contribution in [0.25, 0.3) is 0 Å². The lowest BCUT2D eigenvalue weighted by Crippen LogP contribution is -2.52. The van der Waals surface area contributed by atoms with Gasteiger partial charge in [-0.3, -0.25) is 0 Å². The van der Waals surface area contributed by atoms with E-state index in [9.17, 15) is 8.42 Å². The molecule has 19 heavy (non-hydrogen) atoms. The highest BCUT2D eigenvalue weighted by Gasteiger charge is 2.29. The SMILES string of the molecule is CC1CN(S(=O)(=O)CCCCNC2CC2)CCN1C. The lowest BCUT2D eigenvalue weighted by Gasteiger charge is -2.36. The Labute approximate surface area is 117 Å². The molecule has 2 aliphatic rings. The second kappa shape index (κ2) is 6.52. The maximum atomic E-state index is 12.2. The summed E-state index contributed by atoms with van der Waals surface area (Å²) in [5, 5.41) is 3.42. The monoisotopic (exact) mass is 289 g/mol. The van der Waals surface area contributed by atoms with Crippen LogP contribution in [0.5, 0.6) is 0 Å². The molecule has 1 aliphatic carbocycles. The molecule has 1 aliphatic heterocycles. The molecule has 1 saturated carbocycles. The van der Waals surface area contributed by atoms with E-state index in [0.717, 1.165) is 32.0 Å². The molecule has 1 atom stereocenters. The Morgan fingerprint density at radius 3 is 2.58 bits per heavy atom. The van der Waals surface area contributed by atoms with E-state index in [1.807, 2.05) is 0 Å². The maximum absolute atomic E-state index is 12.2. The summed E-state index contributed by atoms with van der Waals surface area (Å²) in [4.78, 5) is 2.21. The molecule has 1 unspecified atom stereocenters. The molecule has 6 heteroatoms. The van der Waals surface area contributed by atoms with Gasteiger partial charge in [0.2, 0.25) is 10.0 Å². The van der Waals surface area contributed by atoms with Crippen molar-refractivity contribution < 1.29 is 8.42 Å². The van der Waals surface area contributed by atoms with Crippen LogP contribution < -0.4 is 5.32 Å². The smallest absolute Gasteiger partial charge is 0.214 e. The first-order chi connectivity index (χ1) is 8.99. The molecule has 0 aromatic rings. The molecule has 0 amide bonds. The Kier molecular flexibility index (Phi) is 5.22. The molecule has 0 spiro atoms. The topological polar surface area (TPSA) is 52.7 Å². The number of hydrogen-bond acceptors (Lipinski definition) is 4. The van der Waals surface area contributed by atoms with Crippen LogP contribution in [-0.4, -0.2) is 68.7 Å². The zero-order chi connectivity index (χ0) is 13.9. The Hall–Kier alpha value is -0.170. The zero-order valence-corrected chi connectivity index (χ0v) is 13.0. The molecule has 2 rings (SSSR count). The molecule has 0 aromatic carbocycles. The third kappa shape index (κ3) is 4.70. The number of sulfonamides is 1. The summed E-state index contributed by atoms with van der Waals surface area (Å²) in [7, 11) is -0.992. The van der Waals surface area contributed by atoms with Gasteiger partial charge in [0.25, 0.3) is 0 Å². The van der Waals surface area contributed by atoms with Crippen molar-refractivity contribution in [3.63, 3.8) is 0 Å². The number of unbranched alkanes of at least 4 members (excludes halogenated alkanes) is 1. The first-order valence-electron chi connectivity index (χ1n) is 7.40. The fourth-order valence-corrected chi connectivity index (χ4v) is 4.03. The molecule has 1 heterocycles. The standard InChI is InChI=1S/C13H27N3O2S/c1-12-11-16(9-8-15(12)2)19(17,18)10-4-3-7-14-13-5-6-13/h12-14H,3-11H2,1-2H3. The number of nitrogens with one attached hydrogen (secondary N) is 1. The van der Waals surface area contributed by atoms with E-state index in [-0.39, 0.29) is 0 Å². The quantitative estimate of drug-likeness (QED) is 0.693. The highest BCUT2D eigenvalue weighted by atomic mass is 32.2. The fraction of sp³-hybridized carbons (Fsp3) is 1.00. The molecule has 1 N–H and O–H groups in total. The van der Waals surface area contributed by atoms with Crippen molar-refractivity contribution in [2.75, 3.05) is 39.0 Å². The molecule has 5 nitrogen and oxygen atoms in total. The average Bonchev–Trinajstić information content (AvgIpc) is 3.16. The fourth-order valence-electron chi connectivity index (χ4n) is 2.40. The van der Waals surface area contributed by atoms with E-state index in [2.05, 4.69) is 24.2 Å². The summed E-state index contributed by atoms with van der Waals surface area (Å²) >= 11 is 0. The Morgan fingerprint density at radius 1 is 1.21 bits per heavy atom. The molecule has 0 radical (unpaired) electrons. The zero-order valence-electron chi connectivity index (χ0n) is 12.1. The highest BCUT2D eigenvalue weighted by Crippen LogP contribution is 2.18. The van der Waals surface area contributed by atoms with Crippen molar-refractivity contribution in [2.45, 2.75) is 44.7 Å². The van der Waals surface area contributed by atoms with Gasteiger partial charge in [-0.1, -0.05) is 0 Å². The number of rotatable bonds is 7. The number of piperazine rings is 1. The molecule has 112 valence electrons. The number of likely N-dealkylation sites (N-methyl/N-ethyl adjacent to an activating group) is 1. The first kappa shape index (κ1) is 15.2. The number of hydrogen-bond donors (Lipinski definition) is 1. The van der Waals surface area contributed by atoms with Crippen LogP contribution in [0.2, 0.25) is 0 Å². The van der Waals surface area contributed by atoms with Crippen molar-refractivity contribution in [1.82, 2.24) is 14.5 Å². The van der Waals surface area contributed by atoms with Crippen LogP contribution in [0, 0.1) is 0 Å². The van der Waals surface area contributed by atoms with Gasteiger partial charge in [0.1, 0.15) is 0 Å². The van der Waals surface area contributed by atoms with Crippen LogP contribution in [0.3, 0.4) is 0 Å². The minimum Gasteiger partial charge on any atom is -0.314 e. The van der Waals surface area contributed by atoms with Crippen molar-refractivity contribution in [3.8, 4) is 0 Å². The van der Waals surface area contributed by atoms with Gasteiger partial charge in [-0.2, -0.15) is 4.31 Å². The Bertz CT molecular complexity index is 381. The van der Waals surface area contributed by atoms with Gasteiger partial charge in [-0.15, -0.1) is 0 Å². The van der Waals surface area contributed by atoms with E-state index in [0.29, 0.717) is 24.9 Å². The van der Waals surface area contributed by atoms with Crippen molar-refractivity contribution >= 4 is 10.0 Å². The van der Waals surface area contributed by atoms with Gasteiger partial charge in [0, 0.05) is 31.7 Å². The molecule has 2 fully saturated rings. The predicted molar refractivity (Wildman–Crippen MR) is 77.7 cm³/mol. The minimum absolute atomic E-state index is 0.301. The van der Waals surface area contributed by atoms with E-state index in [1.54, 1.807) is 4.31 Å². The Morgan fingerprint density at radius 2 is 1.95 bits per heavy atom. The van der Waals surface area contributed by atoms with E-state index < -0.39 is 10.0 Å². The summed E-state index contributed by atoms with van der Waals surface area (Å²) in [6.07, 6.45) is 4.30. The summed E-state index contributed by atoms with van der Waals surface area (Å²) in [6.45, 7) is 5.16. The van der Waals surface area contributed by atoms with E-state index >= 15 is 0 Å².